The predicted octanol–water partition coefficient (Wildman–Crippen LogP) is 3.48. The van der Waals surface area contributed by atoms with Crippen LogP contribution >= 0.6 is 0 Å². The quantitative estimate of drug-likeness (QED) is 0.873. The Bertz CT molecular complexity index is 505. The van der Waals surface area contributed by atoms with Crippen LogP contribution in [0, 0.1) is 5.82 Å². The van der Waals surface area contributed by atoms with Crippen LogP contribution in [0.2, 0.25) is 0 Å². The fourth-order valence-electron chi connectivity index (χ4n) is 3.65. The van der Waals surface area contributed by atoms with Crippen molar-refractivity contribution in [3.63, 3.8) is 0 Å². The second-order valence-electron chi connectivity index (χ2n) is 6.03. The number of aliphatic carboxylic acids is 1. The second-order valence-corrected chi connectivity index (χ2v) is 6.03. The number of rotatable bonds is 6. The van der Waals surface area contributed by atoms with Crippen molar-refractivity contribution in [2.75, 3.05) is 6.54 Å². The van der Waals surface area contributed by atoms with Gasteiger partial charge in [0.2, 0.25) is 0 Å². The fourth-order valence-corrected chi connectivity index (χ4v) is 3.65. The van der Waals surface area contributed by atoms with Crippen LogP contribution in [-0.2, 0) is 11.2 Å². The number of hydrogen-bond donors (Lipinski definition) is 1. The van der Waals surface area contributed by atoms with E-state index >= 15 is 0 Å². The van der Waals surface area contributed by atoms with Crippen molar-refractivity contribution >= 4 is 5.97 Å². The predicted molar refractivity (Wildman–Crippen MR) is 80.8 cm³/mol. The van der Waals surface area contributed by atoms with Crippen molar-refractivity contribution < 1.29 is 14.3 Å². The molecule has 1 saturated heterocycles. The van der Waals surface area contributed by atoms with Gasteiger partial charge in [-0.25, -0.2) is 4.39 Å². The van der Waals surface area contributed by atoms with Gasteiger partial charge in [0.1, 0.15) is 11.4 Å². The lowest BCUT2D eigenvalue weighted by atomic mass is 9.89. The number of benzene rings is 1. The van der Waals surface area contributed by atoms with Crippen molar-refractivity contribution in [3.8, 4) is 0 Å². The summed E-state index contributed by atoms with van der Waals surface area (Å²) in [4.78, 5) is 13.9. The molecular weight excluding hydrogens is 269 g/mol. The molecule has 4 heteroatoms. The monoisotopic (exact) mass is 293 g/mol. The molecule has 1 aliphatic heterocycles. The Morgan fingerprint density at radius 3 is 2.81 bits per heavy atom. The van der Waals surface area contributed by atoms with Crippen LogP contribution in [0.25, 0.3) is 0 Å². The summed E-state index contributed by atoms with van der Waals surface area (Å²) in [7, 11) is 0. The van der Waals surface area contributed by atoms with Gasteiger partial charge < -0.3 is 5.11 Å². The number of halogens is 1. The third-order valence-corrected chi connectivity index (χ3v) is 4.61. The van der Waals surface area contributed by atoms with Gasteiger partial charge in [-0.3, -0.25) is 9.69 Å². The Balaban J connectivity index is 2.19. The molecule has 2 rings (SSSR count). The van der Waals surface area contributed by atoms with E-state index in [2.05, 4.69) is 4.90 Å². The minimum atomic E-state index is -0.764. The summed E-state index contributed by atoms with van der Waals surface area (Å²) in [6, 6.07) is 6.77. The molecule has 1 heterocycles. The number of carbonyl (C=O) groups is 1. The van der Waals surface area contributed by atoms with Crippen LogP contribution in [0.5, 0.6) is 0 Å². The molecule has 1 aromatic rings. The fraction of sp³-hybridized carbons (Fsp3) is 0.588. The lowest BCUT2D eigenvalue weighted by molar-refractivity contribution is -0.151. The first-order chi connectivity index (χ1) is 10.0. The van der Waals surface area contributed by atoms with Gasteiger partial charge in [0.05, 0.1) is 0 Å². The molecule has 0 amide bonds. The average Bonchev–Trinajstić information content (AvgIpc) is 2.87. The van der Waals surface area contributed by atoms with E-state index < -0.39 is 11.5 Å². The van der Waals surface area contributed by atoms with E-state index in [1.807, 2.05) is 19.9 Å². The van der Waals surface area contributed by atoms with Crippen molar-refractivity contribution in [2.45, 2.75) is 57.5 Å². The molecule has 1 aliphatic rings. The van der Waals surface area contributed by atoms with Gasteiger partial charge in [0.25, 0.3) is 0 Å². The van der Waals surface area contributed by atoms with E-state index in [4.69, 9.17) is 0 Å². The lowest BCUT2D eigenvalue weighted by Crippen LogP contribution is -2.54. The summed E-state index contributed by atoms with van der Waals surface area (Å²) in [5.41, 5.74) is -0.105. The van der Waals surface area contributed by atoms with Gasteiger partial charge in [0, 0.05) is 6.04 Å². The first kappa shape index (κ1) is 16.0. The molecule has 3 nitrogen and oxygen atoms in total. The van der Waals surface area contributed by atoms with Gasteiger partial charge in [-0.05, 0) is 50.8 Å². The highest BCUT2D eigenvalue weighted by Crippen LogP contribution is 2.36. The number of likely N-dealkylation sites (tertiary alicyclic amines) is 1. The van der Waals surface area contributed by atoms with E-state index in [-0.39, 0.29) is 11.9 Å². The highest BCUT2D eigenvalue weighted by Gasteiger charge is 2.48. The van der Waals surface area contributed by atoms with Crippen LogP contribution in [-0.4, -0.2) is 34.1 Å². The van der Waals surface area contributed by atoms with E-state index in [1.165, 1.54) is 6.07 Å². The molecule has 0 radical (unpaired) electrons. The molecule has 1 N–H and O–H groups in total. The van der Waals surface area contributed by atoms with Crippen LogP contribution < -0.4 is 0 Å². The van der Waals surface area contributed by atoms with Gasteiger partial charge in [-0.1, -0.05) is 31.5 Å². The molecule has 2 unspecified atom stereocenters. The van der Waals surface area contributed by atoms with E-state index in [9.17, 15) is 14.3 Å². The summed E-state index contributed by atoms with van der Waals surface area (Å²) >= 11 is 0. The second kappa shape index (κ2) is 6.56. The van der Waals surface area contributed by atoms with Crippen molar-refractivity contribution in [1.29, 1.82) is 0 Å². The third-order valence-electron chi connectivity index (χ3n) is 4.61. The SMILES string of the molecule is CCCC1(C(=O)O)CCCN1C(C)Cc1ccccc1F. The maximum Gasteiger partial charge on any atom is 0.324 e. The normalized spacial score (nSPS) is 24.1. The first-order valence-electron chi connectivity index (χ1n) is 7.75. The minimum Gasteiger partial charge on any atom is -0.480 e. The number of carboxylic acids is 1. The molecular formula is C17H24FNO2. The summed E-state index contributed by atoms with van der Waals surface area (Å²) < 4.78 is 13.8. The number of hydrogen-bond acceptors (Lipinski definition) is 2. The Morgan fingerprint density at radius 1 is 1.48 bits per heavy atom. The maximum absolute atomic E-state index is 13.8. The van der Waals surface area contributed by atoms with E-state index in [0.29, 0.717) is 24.8 Å². The molecule has 0 aromatic heterocycles. The molecule has 0 spiro atoms. The summed E-state index contributed by atoms with van der Waals surface area (Å²) in [6.45, 7) is 4.80. The van der Waals surface area contributed by atoms with Crippen molar-refractivity contribution in [2.24, 2.45) is 0 Å². The van der Waals surface area contributed by atoms with Crippen LogP contribution in [0.15, 0.2) is 24.3 Å². The molecule has 21 heavy (non-hydrogen) atoms. The van der Waals surface area contributed by atoms with E-state index in [0.717, 1.165) is 19.4 Å². The Kier molecular flexibility index (Phi) is 4.99. The Morgan fingerprint density at radius 2 is 2.19 bits per heavy atom. The van der Waals surface area contributed by atoms with E-state index in [1.54, 1.807) is 12.1 Å². The minimum absolute atomic E-state index is 0.0204. The topological polar surface area (TPSA) is 40.5 Å². The van der Waals surface area contributed by atoms with Gasteiger partial charge in [0.15, 0.2) is 0 Å². The lowest BCUT2D eigenvalue weighted by Gasteiger charge is -2.39. The Hall–Kier alpha value is -1.42. The number of carboxylic acid groups (broad SMARTS) is 1. The van der Waals surface area contributed by atoms with Gasteiger partial charge >= 0.3 is 5.97 Å². The van der Waals surface area contributed by atoms with Crippen LogP contribution in [0.1, 0.15) is 45.1 Å². The smallest absolute Gasteiger partial charge is 0.324 e. The zero-order valence-corrected chi connectivity index (χ0v) is 12.8. The molecule has 2 atom stereocenters. The molecule has 0 bridgehead atoms. The zero-order chi connectivity index (χ0) is 15.5. The summed E-state index contributed by atoms with van der Waals surface area (Å²) in [5.74, 6) is -0.942. The van der Waals surface area contributed by atoms with Gasteiger partial charge in [-0.15, -0.1) is 0 Å². The molecule has 116 valence electrons. The Labute approximate surface area is 125 Å². The molecule has 1 fully saturated rings. The van der Waals surface area contributed by atoms with Crippen molar-refractivity contribution in [1.82, 2.24) is 4.90 Å². The zero-order valence-electron chi connectivity index (χ0n) is 12.8. The standard InChI is InChI=1S/C17H24FNO2/c1-3-9-17(16(20)21)10-6-11-19(17)13(2)12-14-7-4-5-8-15(14)18/h4-5,7-8,13H,3,6,9-12H2,1-2H3,(H,20,21). The molecule has 0 aliphatic carbocycles. The van der Waals surface area contributed by atoms with Crippen LogP contribution in [0.4, 0.5) is 4.39 Å². The number of nitrogens with zero attached hydrogens (tertiary/aromatic N) is 1. The van der Waals surface area contributed by atoms with Crippen LogP contribution in [0.3, 0.4) is 0 Å². The largest absolute Gasteiger partial charge is 0.480 e. The highest BCUT2D eigenvalue weighted by atomic mass is 19.1. The van der Waals surface area contributed by atoms with Crippen molar-refractivity contribution in [3.05, 3.63) is 35.6 Å². The first-order valence-corrected chi connectivity index (χ1v) is 7.75. The average molecular weight is 293 g/mol. The van der Waals surface area contributed by atoms with Gasteiger partial charge in [-0.2, -0.15) is 0 Å². The highest BCUT2D eigenvalue weighted by molar-refractivity contribution is 5.79. The summed E-state index contributed by atoms with van der Waals surface area (Å²) in [6.07, 6.45) is 3.64. The molecule has 1 aromatic carbocycles. The third kappa shape index (κ3) is 3.10. The maximum atomic E-state index is 13.8. The molecule has 0 saturated carbocycles. The summed E-state index contributed by atoms with van der Waals surface area (Å²) in [5, 5.41) is 9.72.